The minimum Gasteiger partial charge on any atom is -0.478 e. The molecule has 23 heavy (non-hydrogen) atoms. The van der Waals surface area contributed by atoms with E-state index < -0.39 is 12.1 Å². The minimum absolute atomic E-state index is 0.0898. The molecule has 1 heterocycles. The Labute approximate surface area is 143 Å². The van der Waals surface area contributed by atoms with Crippen molar-refractivity contribution in [2.75, 3.05) is 13.2 Å². The Hall–Kier alpha value is -1.60. The van der Waals surface area contributed by atoms with Gasteiger partial charge in [-0.25, -0.2) is 4.79 Å². The molecule has 1 aromatic rings. The summed E-state index contributed by atoms with van der Waals surface area (Å²) < 4.78 is 11.8. The third-order valence-electron chi connectivity index (χ3n) is 3.77. The molecular formula is C16H20BrNO5. The summed E-state index contributed by atoms with van der Waals surface area (Å²) in [6, 6.07) is 6.85. The van der Waals surface area contributed by atoms with Crippen molar-refractivity contribution in [3.8, 4) is 5.75 Å². The van der Waals surface area contributed by atoms with Crippen LogP contribution in [0.2, 0.25) is 0 Å². The molecule has 1 fully saturated rings. The number of hydrogen-bond acceptors (Lipinski definition) is 4. The van der Waals surface area contributed by atoms with E-state index in [0.717, 1.165) is 17.3 Å². The Balaban J connectivity index is 1.90. The first-order chi connectivity index (χ1) is 11.0. The van der Waals surface area contributed by atoms with Crippen molar-refractivity contribution in [3.63, 3.8) is 0 Å². The lowest BCUT2D eigenvalue weighted by Gasteiger charge is -2.28. The highest BCUT2D eigenvalue weighted by Crippen LogP contribution is 2.21. The van der Waals surface area contributed by atoms with Crippen molar-refractivity contribution in [3.05, 3.63) is 28.7 Å². The second-order valence-electron chi connectivity index (χ2n) is 5.47. The van der Waals surface area contributed by atoms with Crippen LogP contribution in [-0.4, -0.2) is 42.3 Å². The van der Waals surface area contributed by atoms with E-state index in [2.05, 4.69) is 21.2 Å². The fourth-order valence-electron chi connectivity index (χ4n) is 2.45. The highest BCUT2D eigenvalue weighted by atomic mass is 79.9. The number of ether oxygens (including phenoxy) is 2. The van der Waals surface area contributed by atoms with Crippen LogP contribution in [0.15, 0.2) is 28.7 Å². The normalized spacial score (nSPS) is 22.2. The molecule has 126 valence electrons. The molecule has 1 amide bonds. The van der Waals surface area contributed by atoms with Gasteiger partial charge in [-0.1, -0.05) is 15.9 Å². The van der Waals surface area contributed by atoms with E-state index in [1.54, 1.807) is 24.3 Å². The zero-order valence-corrected chi connectivity index (χ0v) is 14.4. The summed E-state index contributed by atoms with van der Waals surface area (Å²) in [6.45, 7) is 2.43. The van der Waals surface area contributed by atoms with Crippen LogP contribution in [0.5, 0.6) is 5.75 Å². The lowest BCUT2D eigenvalue weighted by molar-refractivity contribution is -0.145. The van der Waals surface area contributed by atoms with Crippen LogP contribution in [0.4, 0.5) is 0 Å². The van der Waals surface area contributed by atoms with Crippen molar-refractivity contribution in [1.82, 2.24) is 5.32 Å². The van der Waals surface area contributed by atoms with Crippen molar-refractivity contribution >= 4 is 27.8 Å². The van der Waals surface area contributed by atoms with Crippen LogP contribution >= 0.6 is 15.9 Å². The van der Waals surface area contributed by atoms with Gasteiger partial charge in [-0.3, -0.25) is 4.79 Å². The van der Waals surface area contributed by atoms with E-state index in [-0.39, 0.29) is 24.5 Å². The third-order valence-corrected chi connectivity index (χ3v) is 4.30. The molecule has 2 N–H and O–H groups in total. The average Bonchev–Trinajstić information content (AvgIpc) is 2.53. The zero-order chi connectivity index (χ0) is 16.8. The molecule has 3 unspecified atom stereocenters. The van der Waals surface area contributed by atoms with E-state index in [9.17, 15) is 14.7 Å². The number of nitrogens with one attached hydrogen (secondary N) is 1. The highest BCUT2D eigenvalue weighted by molar-refractivity contribution is 9.10. The number of hydrogen-bond donors (Lipinski definition) is 2. The monoisotopic (exact) mass is 385 g/mol. The van der Waals surface area contributed by atoms with Crippen molar-refractivity contribution in [2.24, 2.45) is 5.92 Å². The number of benzene rings is 1. The van der Waals surface area contributed by atoms with E-state index in [0.29, 0.717) is 12.4 Å². The lowest BCUT2D eigenvalue weighted by atomic mass is 9.94. The van der Waals surface area contributed by atoms with Crippen LogP contribution in [-0.2, 0) is 14.3 Å². The van der Waals surface area contributed by atoms with Crippen LogP contribution in [0, 0.1) is 5.92 Å². The molecule has 0 saturated carbocycles. The first kappa shape index (κ1) is 17.7. The smallest absolute Gasteiger partial charge is 0.346 e. The Morgan fingerprint density at radius 3 is 2.74 bits per heavy atom. The Morgan fingerprint density at radius 2 is 2.13 bits per heavy atom. The Kier molecular flexibility index (Phi) is 6.41. The summed E-state index contributed by atoms with van der Waals surface area (Å²) in [7, 11) is 0. The Morgan fingerprint density at radius 1 is 1.43 bits per heavy atom. The van der Waals surface area contributed by atoms with Gasteiger partial charge in [0.2, 0.25) is 12.0 Å². The van der Waals surface area contributed by atoms with E-state index in [1.165, 1.54) is 0 Å². The maximum Gasteiger partial charge on any atom is 0.346 e. The second-order valence-corrected chi connectivity index (χ2v) is 6.38. The molecule has 3 atom stereocenters. The average molecular weight is 386 g/mol. The Bertz CT molecular complexity index is 548. The lowest BCUT2D eigenvalue weighted by Crippen LogP contribution is -2.45. The minimum atomic E-state index is -1.14. The summed E-state index contributed by atoms with van der Waals surface area (Å²) in [6.07, 6.45) is 0.290. The van der Waals surface area contributed by atoms with Gasteiger partial charge in [0.25, 0.3) is 0 Å². The number of amides is 1. The molecule has 0 spiro atoms. The number of aliphatic carboxylic acids is 1. The van der Waals surface area contributed by atoms with Gasteiger partial charge in [0.05, 0.1) is 18.6 Å². The fraction of sp³-hybridized carbons (Fsp3) is 0.500. The van der Waals surface area contributed by atoms with Gasteiger partial charge in [0.15, 0.2) is 0 Å². The number of carbonyl (C=O) groups excluding carboxylic acids is 1. The van der Waals surface area contributed by atoms with Gasteiger partial charge >= 0.3 is 5.97 Å². The molecule has 0 radical (unpaired) electrons. The number of rotatable bonds is 6. The summed E-state index contributed by atoms with van der Waals surface area (Å²) in [4.78, 5) is 23.5. The number of halogens is 1. The summed E-state index contributed by atoms with van der Waals surface area (Å²) in [5, 5.41) is 11.9. The van der Waals surface area contributed by atoms with Crippen molar-refractivity contribution in [2.45, 2.75) is 32.0 Å². The molecule has 1 aliphatic heterocycles. The van der Waals surface area contributed by atoms with Gasteiger partial charge in [0.1, 0.15) is 5.75 Å². The zero-order valence-electron chi connectivity index (χ0n) is 12.8. The summed E-state index contributed by atoms with van der Waals surface area (Å²) in [5.74, 6) is -1.13. The van der Waals surface area contributed by atoms with Gasteiger partial charge < -0.3 is 19.9 Å². The van der Waals surface area contributed by atoms with E-state index in [1.807, 2.05) is 6.92 Å². The maximum absolute atomic E-state index is 12.2. The largest absolute Gasteiger partial charge is 0.478 e. The van der Waals surface area contributed by atoms with E-state index >= 15 is 0 Å². The number of carboxylic acids is 1. The van der Waals surface area contributed by atoms with Crippen LogP contribution in [0.25, 0.3) is 0 Å². The standard InChI is InChI=1S/C16H20BrNO5/c1-10-13(3-2-8-22-10)15(19)18-9-14(16(20)21)23-12-6-4-11(17)5-7-12/h4-7,10,13-14H,2-3,8-9H2,1H3,(H,18,19)(H,20,21). The molecule has 7 heteroatoms. The topological polar surface area (TPSA) is 84.9 Å². The maximum atomic E-state index is 12.2. The molecular weight excluding hydrogens is 366 g/mol. The predicted molar refractivity (Wildman–Crippen MR) is 87.3 cm³/mol. The van der Waals surface area contributed by atoms with Gasteiger partial charge in [-0.15, -0.1) is 0 Å². The van der Waals surface area contributed by atoms with Crippen LogP contribution in [0.3, 0.4) is 0 Å². The van der Waals surface area contributed by atoms with Gasteiger partial charge in [-0.05, 0) is 44.0 Å². The quantitative estimate of drug-likeness (QED) is 0.783. The van der Waals surface area contributed by atoms with E-state index in [4.69, 9.17) is 9.47 Å². The molecule has 1 aromatic carbocycles. The van der Waals surface area contributed by atoms with Crippen molar-refractivity contribution in [1.29, 1.82) is 0 Å². The van der Waals surface area contributed by atoms with Gasteiger partial charge in [0, 0.05) is 11.1 Å². The summed E-state index contributed by atoms with van der Waals surface area (Å²) in [5.41, 5.74) is 0. The molecule has 0 aliphatic carbocycles. The third kappa shape index (κ3) is 5.21. The number of carbonyl (C=O) groups is 2. The molecule has 6 nitrogen and oxygen atoms in total. The first-order valence-corrected chi connectivity index (χ1v) is 8.31. The second kappa shape index (κ2) is 8.31. The SMILES string of the molecule is CC1OCCCC1C(=O)NCC(Oc1ccc(Br)cc1)C(=O)O. The van der Waals surface area contributed by atoms with Crippen molar-refractivity contribution < 1.29 is 24.2 Å². The van der Waals surface area contributed by atoms with Gasteiger partial charge in [-0.2, -0.15) is 0 Å². The highest BCUT2D eigenvalue weighted by Gasteiger charge is 2.30. The first-order valence-electron chi connectivity index (χ1n) is 7.51. The van der Waals surface area contributed by atoms with Crippen LogP contribution < -0.4 is 10.1 Å². The molecule has 1 saturated heterocycles. The van der Waals surface area contributed by atoms with Crippen LogP contribution in [0.1, 0.15) is 19.8 Å². The molecule has 2 rings (SSSR count). The number of carboxylic acid groups (broad SMARTS) is 1. The molecule has 0 aromatic heterocycles. The predicted octanol–water partition coefficient (Wildman–Crippen LogP) is 2.21. The summed E-state index contributed by atoms with van der Waals surface area (Å²) >= 11 is 3.30. The molecule has 0 bridgehead atoms. The molecule has 1 aliphatic rings. The fourth-order valence-corrected chi connectivity index (χ4v) is 2.71.